The van der Waals surface area contributed by atoms with Crippen molar-refractivity contribution >= 4 is 0 Å². The monoisotopic (exact) mass is 504 g/mol. The van der Waals surface area contributed by atoms with Gasteiger partial charge in [-0.3, -0.25) is 14.6 Å². The minimum absolute atomic E-state index is 0.0360. The molecular weight excluding hydrogens is 474 g/mol. The first-order valence-corrected chi connectivity index (χ1v) is 12.5. The second kappa shape index (κ2) is 10.8. The number of aliphatic hydroxyl groups is 1. The zero-order valence-electron chi connectivity index (χ0n) is 21.0. The molecule has 6 nitrogen and oxygen atoms in total. The van der Waals surface area contributed by atoms with Gasteiger partial charge >= 0.3 is 0 Å². The number of rotatable bonds is 8. The highest BCUT2D eigenvalue weighted by molar-refractivity contribution is 5.83. The minimum Gasteiger partial charge on any atom is -0.489 e. The maximum atomic E-state index is 14.5. The third-order valence-electron chi connectivity index (χ3n) is 6.79. The normalized spacial score (nSPS) is 13.7. The van der Waals surface area contributed by atoms with E-state index in [2.05, 4.69) is 9.88 Å². The van der Waals surface area contributed by atoms with Gasteiger partial charge < -0.3 is 9.84 Å². The summed E-state index contributed by atoms with van der Waals surface area (Å²) >= 11 is 0. The number of β-amino-alcohol motifs (C(OH)–C–C–N with tert-alkyl or cyclic N) is 1. The Labute approximate surface area is 215 Å². The van der Waals surface area contributed by atoms with Crippen molar-refractivity contribution in [2.24, 2.45) is 0 Å². The Morgan fingerprint density at radius 3 is 2.32 bits per heavy atom. The van der Waals surface area contributed by atoms with Gasteiger partial charge in [-0.05, 0) is 53.4 Å². The summed E-state index contributed by atoms with van der Waals surface area (Å²) in [6.45, 7) is 6.54. The zero-order valence-corrected chi connectivity index (χ0v) is 21.0. The first-order valence-electron chi connectivity index (χ1n) is 12.5. The van der Waals surface area contributed by atoms with Gasteiger partial charge in [0.05, 0.1) is 24.4 Å². The van der Waals surface area contributed by atoms with Crippen LogP contribution in [0.4, 0.5) is 8.78 Å². The Kier molecular flexibility index (Phi) is 7.30. The molecule has 1 aliphatic heterocycles. The number of benzene rings is 2. The molecule has 0 bridgehead atoms. The largest absolute Gasteiger partial charge is 0.489 e. The Morgan fingerprint density at radius 2 is 1.68 bits per heavy atom. The molecule has 3 heterocycles. The summed E-state index contributed by atoms with van der Waals surface area (Å²) in [7, 11) is 0. The fraction of sp³-hybridized carbons (Fsp3) is 0.310. The van der Waals surface area contributed by atoms with E-state index in [0.29, 0.717) is 24.4 Å². The average Bonchev–Trinajstić information content (AvgIpc) is 3.28. The van der Waals surface area contributed by atoms with E-state index in [9.17, 15) is 13.9 Å². The van der Waals surface area contributed by atoms with Gasteiger partial charge in [0.1, 0.15) is 29.7 Å². The average molecular weight is 505 g/mol. The van der Waals surface area contributed by atoms with Crippen molar-refractivity contribution in [2.75, 3.05) is 19.7 Å². The van der Waals surface area contributed by atoms with E-state index in [4.69, 9.17) is 9.84 Å². The highest BCUT2D eigenvalue weighted by atomic mass is 19.1. The fourth-order valence-corrected chi connectivity index (χ4v) is 4.68. The summed E-state index contributed by atoms with van der Waals surface area (Å²) in [5.41, 5.74) is 5.43. The van der Waals surface area contributed by atoms with Crippen molar-refractivity contribution in [1.29, 1.82) is 0 Å². The van der Waals surface area contributed by atoms with Crippen molar-refractivity contribution < 1.29 is 18.6 Å². The van der Waals surface area contributed by atoms with Crippen LogP contribution in [0.5, 0.6) is 5.75 Å². The summed E-state index contributed by atoms with van der Waals surface area (Å²) in [4.78, 5) is 6.34. The molecule has 0 saturated heterocycles. The van der Waals surface area contributed by atoms with Crippen molar-refractivity contribution in [3.05, 3.63) is 89.4 Å². The molecule has 8 heteroatoms. The van der Waals surface area contributed by atoms with Crippen molar-refractivity contribution in [2.45, 2.75) is 39.5 Å². The van der Waals surface area contributed by atoms with E-state index in [1.54, 1.807) is 12.4 Å². The van der Waals surface area contributed by atoms with Crippen molar-refractivity contribution in [3.8, 4) is 28.1 Å². The summed E-state index contributed by atoms with van der Waals surface area (Å²) in [5, 5.41) is 14.4. The topological polar surface area (TPSA) is 63.4 Å². The lowest BCUT2D eigenvalue weighted by Gasteiger charge is -2.27. The molecule has 192 valence electrons. The van der Waals surface area contributed by atoms with E-state index in [-0.39, 0.29) is 24.7 Å². The van der Waals surface area contributed by atoms with Crippen LogP contribution in [0.2, 0.25) is 0 Å². The first kappa shape index (κ1) is 25.0. The molecule has 0 amide bonds. The lowest BCUT2D eigenvalue weighted by atomic mass is 9.98. The number of fused-ring (bicyclic) bond motifs is 1. The zero-order chi connectivity index (χ0) is 25.9. The molecule has 0 unspecified atom stereocenters. The minimum atomic E-state index is -0.596. The highest BCUT2D eigenvalue weighted by Gasteiger charge is 2.25. The second-order valence-corrected chi connectivity index (χ2v) is 9.56. The quantitative estimate of drug-likeness (QED) is 0.348. The number of hydrogen-bond donors (Lipinski definition) is 1. The molecule has 5 rings (SSSR count). The first-order chi connectivity index (χ1) is 17.9. The lowest BCUT2D eigenvalue weighted by molar-refractivity contribution is 0.164. The van der Waals surface area contributed by atoms with Crippen LogP contribution in [0, 0.1) is 11.6 Å². The van der Waals surface area contributed by atoms with Gasteiger partial charge in [0.15, 0.2) is 0 Å². The predicted molar refractivity (Wildman–Crippen MR) is 138 cm³/mol. The van der Waals surface area contributed by atoms with Gasteiger partial charge in [0.25, 0.3) is 0 Å². The Hall–Kier alpha value is -3.62. The van der Waals surface area contributed by atoms with Crippen LogP contribution >= 0.6 is 0 Å². The molecule has 2 aromatic heterocycles. The Bertz CT molecular complexity index is 1350. The van der Waals surface area contributed by atoms with Crippen LogP contribution < -0.4 is 4.74 Å². The number of aliphatic hydroxyl groups excluding tert-OH is 1. The molecule has 0 atom stereocenters. The van der Waals surface area contributed by atoms with E-state index < -0.39 is 11.6 Å². The van der Waals surface area contributed by atoms with Crippen molar-refractivity contribution in [3.63, 3.8) is 0 Å². The summed E-state index contributed by atoms with van der Waals surface area (Å²) in [6.07, 6.45) is 3.50. The van der Waals surface area contributed by atoms with Crippen LogP contribution in [0.25, 0.3) is 22.4 Å². The molecule has 1 aliphatic rings. The number of hydrogen-bond acceptors (Lipinski definition) is 5. The van der Waals surface area contributed by atoms with Crippen LogP contribution in [0.1, 0.15) is 36.6 Å². The molecule has 0 fully saturated rings. The standard InChI is InChI=1S/C29H30F2N4O2/c1-19(2)22-15-25(30)24(26(31)16-22)18-37-23-5-3-20(4-6-23)28-27-17-34(13-14-36)11-12-35(27)33-29(28)21-7-9-32-10-8-21/h3-10,15-16,19,36H,11-14,17-18H2,1-2H3. The summed E-state index contributed by atoms with van der Waals surface area (Å²) in [6, 6.07) is 14.1. The molecule has 0 saturated carbocycles. The van der Waals surface area contributed by atoms with Gasteiger partial charge in [0.2, 0.25) is 0 Å². The maximum absolute atomic E-state index is 14.5. The van der Waals surface area contributed by atoms with Gasteiger partial charge in [-0.25, -0.2) is 8.78 Å². The van der Waals surface area contributed by atoms with Crippen LogP contribution in [-0.4, -0.2) is 44.5 Å². The highest BCUT2D eigenvalue weighted by Crippen LogP contribution is 2.37. The van der Waals surface area contributed by atoms with E-state index >= 15 is 0 Å². The molecular formula is C29H30F2N4O2. The van der Waals surface area contributed by atoms with Crippen LogP contribution in [0.3, 0.4) is 0 Å². The van der Waals surface area contributed by atoms with E-state index in [0.717, 1.165) is 41.2 Å². The molecule has 0 aliphatic carbocycles. The van der Waals surface area contributed by atoms with E-state index in [1.165, 1.54) is 12.1 Å². The second-order valence-electron chi connectivity index (χ2n) is 9.56. The Morgan fingerprint density at radius 1 is 0.973 bits per heavy atom. The van der Waals surface area contributed by atoms with Gasteiger partial charge in [0, 0.05) is 43.2 Å². The number of aromatic nitrogens is 3. The van der Waals surface area contributed by atoms with Gasteiger partial charge in [-0.1, -0.05) is 26.0 Å². The predicted octanol–water partition coefficient (Wildman–Crippen LogP) is 5.40. The number of halogens is 2. The molecule has 37 heavy (non-hydrogen) atoms. The molecule has 1 N–H and O–H groups in total. The fourth-order valence-electron chi connectivity index (χ4n) is 4.68. The van der Waals surface area contributed by atoms with Crippen LogP contribution in [-0.2, 0) is 19.7 Å². The van der Waals surface area contributed by atoms with Crippen LogP contribution in [0.15, 0.2) is 60.9 Å². The smallest absolute Gasteiger partial charge is 0.133 e. The summed E-state index contributed by atoms with van der Waals surface area (Å²) in [5.74, 6) is -0.639. The van der Waals surface area contributed by atoms with Gasteiger partial charge in [-0.2, -0.15) is 5.10 Å². The summed E-state index contributed by atoms with van der Waals surface area (Å²) < 4.78 is 36.8. The molecule has 0 radical (unpaired) electrons. The number of nitrogens with zero attached hydrogens (tertiary/aromatic N) is 4. The molecule has 0 spiro atoms. The third-order valence-corrected chi connectivity index (χ3v) is 6.79. The number of ether oxygens (including phenoxy) is 1. The molecule has 4 aromatic rings. The maximum Gasteiger partial charge on any atom is 0.133 e. The SMILES string of the molecule is CC(C)c1cc(F)c(COc2ccc(-c3c(-c4ccncc4)nn4c3CN(CCO)CC4)cc2)c(F)c1. The third kappa shape index (κ3) is 5.26. The lowest BCUT2D eigenvalue weighted by Crippen LogP contribution is -2.35. The van der Waals surface area contributed by atoms with Gasteiger partial charge in [-0.15, -0.1) is 0 Å². The van der Waals surface area contributed by atoms with E-state index in [1.807, 2.05) is 54.9 Å². The molecule has 2 aromatic carbocycles. The number of pyridine rings is 1. The Balaban J connectivity index is 1.42. The van der Waals surface area contributed by atoms with Crippen molar-refractivity contribution in [1.82, 2.24) is 19.7 Å².